The van der Waals surface area contributed by atoms with Crippen molar-refractivity contribution in [3.05, 3.63) is 20.8 Å². The SMILES string of the molecule is [CH2-]CC[CH-]C.[CH3-].[K+]. The minimum Gasteiger partial charge on any atom is -0.358 e. The van der Waals surface area contributed by atoms with E-state index in [1.54, 1.807) is 0 Å². The van der Waals surface area contributed by atoms with Crippen molar-refractivity contribution in [2.75, 3.05) is 0 Å². The molecule has 0 saturated heterocycles. The van der Waals surface area contributed by atoms with E-state index >= 15 is 0 Å². The van der Waals surface area contributed by atoms with Crippen LogP contribution in [-0.2, 0) is 0 Å². The first-order chi connectivity index (χ1) is 2.41. The largest absolute Gasteiger partial charge is 1.00 e. The molecule has 0 rings (SSSR count). The van der Waals surface area contributed by atoms with Crippen LogP contribution in [0.5, 0.6) is 0 Å². The van der Waals surface area contributed by atoms with Gasteiger partial charge >= 0.3 is 51.4 Å². The molecule has 0 bridgehead atoms. The molecule has 1 heteroatoms. The van der Waals surface area contributed by atoms with E-state index in [0.29, 0.717) is 0 Å². The van der Waals surface area contributed by atoms with E-state index in [4.69, 9.17) is 0 Å². The molecule has 0 nitrogen and oxygen atoms in total. The summed E-state index contributed by atoms with van der Waals surface area (Å²) in [6.07, 6.45) is 4.31. The van der Waals surface area contributed by atoms with Gasteiger partial charge in [0.2, 0.25) is 0 Å². The average Bonchev–Trinajstić information content (AvgIpc) is 1.41. The number of unbranched alkanes of at least 4 members (excludes halogenated alkanes) is 2. The van der Waals surface area contributed by atoms with Gasteiger partial charge in [-0.15, -0.1) is 0 Å². The molecular formula is C6H13K-2. The summed E-state index contributed by atoms with van der Waals surface area (Å²) in [6.45, 7) is 5.69. The molecule has 0 aliphatic heterocycles. The van der Waals surface area contributed by atoms with Crippen molar-refractivity contribution < 1.29 is 51.4 Å². The summed E-state index contributed by atoms with van der Waals surface area (Å²) in [7, 11) is 0. The fraction of sp³-hybridized carbons (Fsp3) is 0.500. The van der Waals surface area contributed by atoms with Gasteiger partial charge in [-0.3, -0.25) is 0 Å². The topological polar surface area (TPSA) is 0 Å². The molecular weight excluding hydrogens is 111 g/mol. The zero-order valence-corrected chi connectivity index (χ0v) is 8.82. The van der Waals surface area contributed by atoms with Crippen molar-refractivity contribution in [2.24, 2.45) is 0 Å². The van der Waals surface area contributed by atoms with Gasteiger partial charge < -0.3 is 20.8 Å². The summed E-state index contributed by atoms with van der Waals surface area (Å²) in [5.41, 5.74) is 0. The van der Waals surface area contributed by atoms with E-state index in [-0.39, 0.29) is 58.8 Å². The molecule has 0 fully saturated rings. The zero-order chi connectivity index (χ0) is 4.12. The third-order valence-corrected chi connectivity index (χ3v) is 0.493. The Kier molecular flexibility index (Phi) is 35.4. The summed E-state index contributed by atoms with van der Waals surface area (Å²) in [4.78, 5) is 0. The number of rotatable bonds is 2. The predicted molar refractivity (Wildman–Crippen MR) is 31.0 cm³/mol. The first-order valence-corrected chi connectivity index (χ1v) is 1.99. The zero-order valence-electron chi connectivity index (χ0n) is 5.70. The van der Waals surface area contributed by atoms with Crippen molar-refractivity contribution >= 4 is 0 Å². The van der Waals surface area contributed by atoms with Gasteiger partial charge in [-0.1, -0.05) is 0 Å². The summed E-state index contributed by atoms with van der Waals surface area (Å²) in [5, 5.41) is 0. The second-order valence-electron chi connectivity index (χ2n) is 1.05. The van der Waals surface area contributed by atoms with Crippen LogP contribution in [0.1, 0.15) is 19.8 Å². The van der Waals surface area contributed by atoms with Gasteiger partial charge in [0.25, 0.3) is 0 Å². The Labute approximate surface area is 90.5 Å². The van der Waals surface area contributed by atoms with Crippen molar-refractivity contribution in [2.45, 2.75) is 19.8 Å². The fourth-order valence-electron chi connectivity index (χ4n) is 0.204. The first kappa shape index (κ1) is 15.9. The van der Waals surface area contributed by atoms with Crippen LogP contribution < -0.4 is 51.4 Å². The van der Waals surface area contributed by atoms with E-state index in [9.17, 15) is 0 Å². The molecule has 0 atom stereocenters. The normalized spacial score (nSPS) is 6.00. The summed E-state index contributed by atoms with van der Waals surface area (Å²) >= 11 is 0. The number of hydrogen-bond donors (Lipinski definition) is 0. The average molecular weight is 124 g/mol. The first-order valence-electron chi connectivity index (χ1n) is 1.99. The van der Waals surface area contributed by atoms with Gasteiger partial charge in [0.15, 0.2) is 0 Å². The van der Waals surface area contributed by atoms with Crippen LogP contribution in [-0.4, -0.2) is 0 Å². The summed E-state index contributed by atoms with van der Waals surface area (Å²) in [6, 6.07) is 0. The van der Waals surface area contributed by atoms with Gasteiger partial charge in [0, 0.05) is 0 Å². The Bertz CT molecular complexity index is 11.7. The number of hydrogen-bond acceptors (Lipinski definition) is 0. The maximum atomic E-state index is 3.64. The van der Waals surface area contributed by atoms with Gasteiger partial charge in [0.1, 0.15) is 0 Å². The molecule has 0 spiro atoms. The van der Waals surface area contributed by atoms with Crippen LogP contribution in [0.4, 0.5) is 0 Å². The van der Waals surface area contributed by atoms with Gasteiger partial charge in [-0.25, -0.2) is 12.8 Å². The third kappa shape index (κ3) is 18.3. The molecule has 0 heterocycles. The van der Waals surface area contributed by atoms with Crippen molar-refractivity contribution in [1.82, 2.24) is 0 Å². The van der Waals surface area contributed by atoms with E-state index in [1.165, 1.54) is 0 Å². The Hall–Kier alpha value is 1.64. The quantitative estimate of drug-likeness (QED) is 0.337. The standard InChI is InChI=1S/C5H10.CH3.K/c1-3-5-4-2;;/h4H,1,3,5H2,2H3;1H3;/q-2;-1;+1. The van der Waals surface area contributed by atoms with Gasteiger partial charge in [-0.05, 0) is 0 Å². The monoisotopic (exact) mass is 124 g/mol. The second kappa shape index (κ2) is 15.6. The maximum absolute atomic E-state index is 3.64. The molecule has 0 amide bonds. The summed E-state index contributed by atoms with van der Waals surface area (Å²) < 4.78 is 0. The molecule has 0 aliphatic rings. The van der Waals surface area contributed by atoms with Crippen LogP contribution in [0.25, 0.3) is 0 Å². The van der Waals surface area contributed by atoms with Crippen LogP contribution in [0.3, 0.4) is 0 Å². The molecule has 0 unspecified atom stereocenters. The molecule has 0 aliphatic carbocycles. The van der Waals surface area contributed by atoms with Crippen molar-refractivity contribution in [3.8, 4) is 0 Å². The van der Waals surface area contributed by atoms with Gasteiger partial charge in [0.05, 0.1) is 0 Å². The fourth-order valence-corrected chi connectivity index (χ4v) is 0.204. The maximum Gasteiger partial charge on any atom is 1.00 e. The molecule has 0 saturated carbocycles. The van der Waals surface area contributed by atoms with Crippen molar-refractivity contribution in [1.29, 1.82) is 0 Å². The molecule has 0 aromatic heterocycles. The Morgan fingerprint density at radius 2 is 2.00 bits per heavy atom. The third-order valence-electron chi connectivity index (χ3n) is 0.493. The van der Waals surface area contributed by atoms with Gasteiger partial charge in [-0.2, -0.15) is 6.92 Å². The van der Waals surface area contributed by atoms with E-state index < -0.39 is 0 Å². The molecule has 0 aromatic carbocycles. The Morgan fingerprint density at radius 3 is 2.00 bits per heavy atom. The van der Waals surface area contributed by atoms with E-state index in [2.05, 4.69) is 13.3 Å². The van der Waals surface area contributed by atoms with Crippen LogP contribution in [0, 0.1) is 20.8 Å². The Balaban J connectivity index is -0.0000000800. The molecule has 40 valence electrons. The molecule has 7 heavy (non-hydrogen) atoms. The predicted octanol–water partition coefficient (Wildman–Crippen LogP) is -0.721. The smallest absolute Gasteiger partial charge is 0.358 e. The summed E-state index contributed by atoms with van der Waals surface area (Å²) in [5.74, 6) is 0. The molecule has 0 aromatic rings. The van der Waals surface area contributed by atoms with Crippen LogP contribution >= 0.6 is 0 Å². The Morgan fingerprint density at radius 1 is 1.57 bits per heavy atom. The van der Waals surface area contributed by atoms with E-state index in [0.717, 1.165) is 12.8 Å². The minimum absolute atomic E-state index is 0. The second-order valence-corrected chi connectivity index (χ2v) is 1.05. The minimum atomic E-state index is 0. The van der Waals surface area contributed by atoms with Crippen molar-refractivity contribution in [3.63, 3.8) is 0 Å². The molecule has 0 N–H and O–H groups in total. The molecule has 0 radical (unpaired) electrons. The van der Waals surface area contributed by atoms with Crippen LogP contribution in [0.2, 0.25) is 0 Å². The van der Waals surface area contributed by atoms with E-state index in [1.807, 2.05) is 6.92 Å². The van der Waals surface area contributed by atoms with Crippen LogP contribution in [0.15, 0.2) is 0 Å².